The first-order valence-corrected chi connectivity index (χ1v) is 7.11. The quantitative estimate of drug-likeness (QED) is 0.732. The van der Waals surface area contributed by atoms with E-state index in [1.807, 2.05) is 0 Å². The van der Waals surface area contributed by atoms with Gasteiger partial charge in [0, 0.05) is 25.5 Å². The molecule has 0 saturated heterocycles. The van der Waals surface area contributed by atoms with Crippen molar-refractivity contribution >= 4 is 11.9 Å². The van der Waals surface area contributed by atoms with Crippen LogP contribution in [0.25, 0.3) is 5.95 Å². The van der Waals surface area contributed by atoms with Crippen molar-refractivity contribution in [2.24, 2.45) is 11.8 Å². The maximum Gasteiger partial charge on any atom is 0.241 e. The van der Waals surface area contributed by atoms with Gasteiger partial charge in [-0.2, -0.15) is 15.0 Å². The van der Waals surface area contributed by atoms with Crippen LogP contribution >= 0.6 is 0 Å². The predicted octanol–water partition coefficient (Wildman–Crippen LogP) is 0.460. The second-order valence-corrected chi connectivity index (χ2v) is 5.30. The normalized spacial score (nSPS) is 21.6. The molecule has 0 amide bonds. The van der Waals surface area contributed by atoms with E-state index in [2.05, 4.69) is 25.3 Å². The summed E-state index contributed by atoms with van der Waals surface area (Å²) in [7, 11) is 0. The highest BCUT2D eigenvalue weighted by molar-refractivity contribution is 5.35. The molecule has 1 saturated carbocycles. The van der Waals surface area contributed by atoms with Crippen molar-refractivity contribution in [3.63, 3.8) is 0 Å². The Bertz CT molecular complexity index is 586. The monoisotopic (exact) mass is 289 g/mol. The summed E-state index contributed by atoms with van der Waals surface area (Å²) in [5.74, 6) is 1.87. The van der Waals surface area contributed by atoms with E-state index < -0.39 is 0 Å². The molecule has 0 aromatic carbocycles. The Morgan fingerprint density at radius 2 is 2.14 bits per heavy atom. The molecule has 3 rings (SSSR count). The summed E-state index contributed by atoms with van der Waals surface area (Å²) >= 11 is 0. The second-order valence-electron chi connectivity index (χ2n) is 5.30. The summed E-state index contributed by atoms with van der Waals surface area (Å²) in [5, 5.41) is 12.6. The molecule has 2 aromatic rings. The number of nitrogens with two attached hydrogens (primary N) is 1. The Labute approximate surface area is 122 Å². The zero-order chi connectivity index (χ0) is 14.7. The van der Waals surface area contributed by atoms with Gasteiger partial charge in [0.2, 0.25) is 17.8 Å². The van der Waals surface area contributed by atoms with Crippen LogP contribution in [0.2, 0.25) is 0 Å². The number of hydrogen-bond donors (Lipinski definition) is 3. The number of nitrogens with one attached hydrogen (secondary N) is 1. The lowest BCUT2D eigenvalue weighted by atomic mass is 9.97. The summed E-state index contributed by atoms with van der Waals surface area (Å²) in [5.41, 5.74) is 5.73. The SMILES string of the molecule is Nc1nc(NCC2CCCC2CO)nc(-n2ccnc2)n1. The first-order chi connectivity index (χ1) is 10.3. The fourth-order valence-corrected chi connectivity index (χ4v) is 2.80. The average molecular weight is 289 g/mol. The van der Waals surface area contributed by atoms with Gasteiger partial charge in [0.15, 0.2) is 0 Å². The van der Waals surface area contributed by atoms with Crippen molar-refractivity contribution in [3.05, 3.63) is 18.7 Å². The van der Waals surface area contributed by atoms with E-state index in [4.69, 9.17) is 5.73 Å². The number of imidazole rings is 1. The largest absolute Gasteiger partial charge is 0.396 e. The summed E-state index contributed by atoms with van der Waals surface area (Å²) in [6.07, 6.45) is 8.37. The Hall–Kier alpha value is -2.22. The molecule has 1 aliphatic carbocycles. The fourth-order valence-electron chi connectivity index (χ4n) is 2.80. The van der Waals surface area contributed by atoms with Gasteiger partial charge in [0.25, 0.3) is 0 Å². The van der Waals surface area contributed by atoms with Crippen LogP contribution in [-0.2, 0) is 0 Å². The van der Waals surface area contributed by atoms with Crippen molar-refractivity contribution in [2.45, 2.75) is 19.3 Å². The van der Waals surface area contributed by atoms with Crippen LogP contribution in [0.1, 0.15) is 19.3 Å². The van der Waals surface area contributed by atoms with Crippen LogP contribution in [-0.4, -0.2) is 42.8 Å². The van der Waals surface area contributed by atoms with Crippen LogP contribution in [0.15, 0.2) is 18.7 Å². The van der Waals surface area contributed by atoms with Gasteiger partial charge in [-0.1, -0.05) is 6.42 Å². The smallest absolute Gasteiger partial charge is 0.241 e. The lowest BCUT2D eigenvalue weighted by molar-refractivity contribution is 0.199. The zero-order valence-electron chi connectivity index (χ0n) is 11.7. The van der Waals surface area contributed by atoms with Crippen LogP contribution in [0.4, 0.5) is 11.9 Å². The average Bonchev–Trinajstić information content (AvgIpc) is 3.15. The van der Waals surface area contributed by atoms with Crippen LogP contribution in [0, 0.1) is 11.8 Å². The molecule has 1 fully saturated rings. The fraction of sp³-hybridized carbons (Fsp3) is 0.538. The molecular formula is C13H19N7O. The standard InChI is InChI=1S/C13H19N7O/c14-11-17-12(16-6-9-2-1-3-10(9)7-21)19-13(18-11)20-5-4-15-8-20/h4-5,8-10,21H,1-3,6-7H2,(H3,14,16,17,18,19). The molecule has 0 bridgehead atoms. The van der Waals surface area contributed by atoms with E-state index in [0.717, 1.165) is 25.8 Å². The molecule has 21 heavy (non-hydrogen) atoms. The van der Waals surface area contributed by atoms with Gasteiger partial charge in [0.05, 0.1) is 0 Å². The summed E-state index contributed by atoms with van der Waals surface area (Å²) in [6.45, 7) is 0.976. The lowest BCUT2D eigenvalue weighted by Crippen LogP contribution is -2.22. The van der Waals surface area contributed by atoms with Gasteiger partial charge < -0.3 is 16.2 Å². The van der Waals surface area contributed by atoms with Crippen molar-refractivity contribution in [3.8, 4) is 5.95 Å². The third kappa shape index (κ3) is 3.10. The molecule has 2 atom stereocenters. The highest BCUT2D eigenvalue weighted by Gasteiger charge is 2.26. The van der Waals surface area contributed by atoms with E-state index in [-0.39, 0.29) is 12.6 Å². The molecule has 0 spiro atoms. The lowest BCUT2D eigenvalue weighted by Gasteiger charge is -2.17. The molecule has 2 unspecified atom stereocenters. The number of hydrogen-bond acceptors (Lipinski definition) is 7. The third-order valence-corrected chi connectivity index (χ3v) is 3.95. The minimum Gasteiger partial charge on any atom is -0.396 e. The minimum atomic E-state index is 0.168. The summed E-state index contributed by atoms with van der Waals surface area (Å²) in [6, 6.07) is 0. The van der Waals surface area contributed by atoms with Crippen LogP contribution in [0.5, 0.6) is 0 Å². The van der Waals surface area contributed by atoms with Gasteiger partial charge in [-0.05, 0) is 24.7 Å². The molecular weight excluding hydrogens is 270 g/mol. The number of aliphatic hydroxyl groups is 1. The van der Waals surface area contributed by atoms with Crippen molar-refractivity contribution in [1.29, 1.82) is 0 Å². The first kappa shape index (κ1) is 13.7. The Morgan fingerprint density at radius 1 is 1.29 bits per heavy atom. The topological polar surface area (TPSA) is 115 Å². The number of rotatable bonds is 5. The molecule has 2 aromatic heterocycles. The maximum absolute atomic E-state index is 9.35. The number of nitrogen functional groups attached to an aromatic ring is 1. The van der Waals surface area contributed by atoms with Crippen molar-refractivity contribution < 1.29 is 5.11 Å². The Kier molecular flexibility index (Phi) is 3.96. The van der Waals surface area contributed by atoms with Gasteiger partial charge in [-0.25, -0.2) is 4.98 Å². The molecule has 112 valence electrons. The molecule has 8 heteroatoms. The maximum atomic E-state index is 9.35. The van der Waals surface area contributed by atoms with Gasteiger partial charge >= 0.3 is 0 Å². The minimum absolute atomic E-state index is 0.168. The predicted molar refractivity (Wildman–Crippen MR) is 77.8 cm³/mol. The van der Waals surface area contributed by atoms with Gasteiger partial charge in [-0.15, -0.1) is 0 Å². The summed E-state index contributed by atoms with van der Waals surface area (Å²) in [4.78, 5) is 16.5. The van der Waals surface area contributed by atoms with E-state index in [0.29, 0.717) is 23.7 Å². The molecule has 2 heterocycles. The van der Waals surface area contributed by atoms with Crippen LogP contribution in [0.3, 0.4) is 0 Å². The van der Waals surface area contributed by atoms with Gasteiger partial charge in [0.1, 0.15) is 6.33 Å². The number of aromatic nitrogens is 5. The van der Waals surface area contributed by atoms with Crippen molar-refractivity contribution in [2.75, 3.05) is 24.2 Å². The number of anilines is 2. The van der Waals surface area contributed by atoms with E-state index in [9.17, 15) is 5.11 Å². The molecule has 0 radical (unpaired) electrons. The number of aliphatic hydroxyl groups excluding tert-OH is 1. The molecule has 4 N–H and O–H groups in total. The highest BCUT2D eigenvalue weighted by Crippen LogP contribution is 2.31. The van der Waals surface area contributed by atoms with Gasteiger partial charge in [-0.3, -0.25) is 4.57 Å². The second kappa shape index (κ2) is 6.04. The zero-order valence-corrected chi connectivity index (χ0v) is 11.7. The Morgan fingerprint density at radius 3 is 2.90 bits per heavy atom. The van der Waals surface area contributed by atoms with E-state index in [1.165, 1.54) is 0 Å². The molecule has 8 nitrogen and oxygen atoms in total. The van der Waals surface area contributed by atoms with Crippen LogP contribution < -0.4 is 11.1 Å². The van der Waals surface area contributed by atoms with E-state index in [1.54, 1.807) is 23.3 Å². The van der Waals surface area contributed by atoms with Crippen molar-refractivity contribution in [1.82, 2.24) is 24.5 Å². The molecule has 0 aliphatic heterocycles. The third-order valence-electron chi connectivity index (χ3n) is 3.95. The Balaban J connectivity index is 1.71. The van der Waals surface area contributed by atoms with E-state index >= 15 is 0 Å². The highest BCUT2D eigenvalue weighted by atomic mass is 16.3. The first-order valence-electron chi connectivity index (χ1n) is 7.11. The summed E-state index contributed by atoms with van der Waals surface area (Å²) < 4.78 is 1.68. The molecule has 1 aliphatic rings. The number of nitrogens with zero attached hydrogens (tertiary/aromatic N) is 5.